The second-order valence-electron chi connectivity index (χ2n) is 3.50. The molecule has 0 spiro atoms. The van der Waals surface area contributed by atoms with Gasteiger partial charge < -0.3 is 4.74 Å². The van der Waals surface area contributed by atoms with Gasteiger partial charge in [0.2, 0.25) is 0 Å². The van der Waals surface area contributed by atoms with Gasteiger partial charge in [0.25, 0.3) is 0 Å². The third-order valence-corrected chi connectivity index (χ3v) is 3.11. The largest absolute Gasteiger partial charge is 0.495 e. The fourth-order valence-corrected chi connectivity index (χ4v) is 1.98. The summed E-state index contributed by atoms with van der Waals surface area (Å²) in [5, 5.41) is 0.672. The third kappa shape index (κ3) is 3.58. The molecule has 0 saturated carbocycles. The van der Waals surface area contributed by atoms with Crippen LogP contribution in [0.3, 0.4) is 0 Å². The van der Waals surface area contributed by atoms with Crippen LogP contribution in [0.1, 0.15) is 37.1 Å². The number of halogens is 2. The van der Waals surface area contributed by atoms with E-state index in [9.17, 15) is 0 Å². The van der Waals surface area contributed by atoms with Gasteiger partial charge in [-0.15, -0.1) is 11.6 Å². The molecule has 3 heteroatoms. The van der Waals surface area contributed by atoms with Crippen molar-refractivity contribution in [3.8, 4) is 5.75 Å². The average molecular weight is 247 g/mol. The highest BCUT2D eigenvalue weighted by molar-refractivity contribution is 6.32. The van der Waals surface area contributed by atoms with Gasteiger partial charge in [-0.05, 0) is 24.1 Å². The van der Waals surface area contributed by atoms with Crippen LogP contribution in [0.5, 0.6) is 5.75 Å². The van der Waals surface area contributed by atoms with Crippen molar-refractivity contribution < 1.29 is 4.74 Å². The highest BCUT2D eigenvalue weighted by Crippen LogP contribution is 2.32. The zero-order valence-corrected chi connectivity index (χ0v) is 10.6. The maximum absolute atomic E-state index is 6.25. The maximum atomic E-state index is 6.25. The zero-order chi connectivity index (χ0) is 11.3. The Balaban J connectivity index is 2.73. The minimum Gasteiger partial charge on any atom is -0.495 e. The lowest BCUT2D eigenvalue weighted by Crippen LogP contribution is -1.92. The van der Waals surface area contributed by atoms with Crippen LogP contribution in [0.4, 0.5) is 0 Å². The molecule has 0 aliphatic rings. The van der Waals surface area contributed by atoms with Crippen molar-refractivity contribution in [2.45, 2.75) is 31.6 Å². The maximum Gasteiger partial charge on any atom is 0.137 e. The molecule has 0 fully saturated rings. The quantitative estimate of drug-likeness (QED) is 0.678. The predicted octanol–water partition coefficient (Wildman–Crippen LogP) is 4.82. The van der Waals surface area contributed by atoms with Crippen molar-refractivity contribution in [2.24, 2.45) is 0 Å². The number of benzene rings is 1. The number of hydrogen-bond donors (Lipinski definition) is 0. The number of rotatable bonds is 5. The zero-order valence-electron chi connectivity index (χ0n) is 9.09. The first-order valence-electron chi connectivity index (χ1n) is 5.16. The van der Waals surface area contributed by atoms with Crippen molar-refractivity contribution in [1.82, 2.24) is 0 Å². The van der Waals surface area contributed by atoms with Crippen LogP contribution in [0.25, 0.3) is 0 Å². The lowest BCUT2D eigenvalue weighted by molar-refractivity contribution is 0.415. The SMILES string of the molecule is CCCCC(Cl)c1ccc(OC)c(Cl)c1. The van der Waals surface area contributed by atoms with Crippen LogP contribution in [0, 0.1) is 0 Å². The fraction of sp³-hybridized carbons (Fsp3) is 0.500. The Morgan fingerprint density at radius 1 is 1.40 bits per heavy atom. The number of methoxy groups -OCH3 is 1. The molecule has 1 nitrogen and oxygen atoms in total. The van der Waals surface area contributed by atoms with E-state index in [4.69, 9.17) is 27.9 Å². The normalized spacial score (nSPS) is 12.5. The van der Waals surface area contributed by atoms with E-state index < -0.39 is 0 Å². The summed E-state index contributed by atoms with van der Waals surface area (Å²) in [6, 6.07) is 5.71. The van der Waals surface area contributed by atoms with Gasteiger partial charge in [0.15, 0.2) is 0 Å². The van der Waals surface area contributed by atoms with Crippen LogP contribution in [-0.2, 0) is 0 Å². The summed E-state index contributed by atoms with van der Waals surface area (Å²) in [5.74, 6) is 0.694. The van der Waals surface area contributed by atoms with Crippen molar-refractivity contribution in [2.75, 3.05) is 7.11 Å². The standard InChI is InChI=1S/C12H16Cl2O/c1-3-4-5-10(13)9-6-7-12(15-2)11(14)8-9/h6-8,10H,3-5H2,1-2H3. The van der Waals surface area contributed by atoms with Gasteiger partial charge in [0, 0.05) is 0 Å². The molecule has 0 saturated heterocycles. The molecule has 15 heavy (non-hydrogen) atoms. The molecule has 0 radical (unpaired) electrons. The van der Waals surface area contributed by atoms with Crippen LogP contribution in [0.15, 0.2) is 18.2 Å². The van der Waals surface area contributed by atoms with E-state index in [0.29, 0.717) is 10.8 Å². The number of unbranched alkanes of at least 4 members (excludes halogenated alkanes) is 1. The Bertz CT molecular complexity index is 312. The lowest BCUT2D eigenvalue weighted by Gasteiger charge is -2.11. The summed E-state index contributed by atoms with van der Waals surface area (Å²) in [4.78, 5) is 0. The van der Waals surface area contributed by atoms with Crippen molar-refractivity contribution >= 4 is 23.2 Å². The Morgan fingerprint density at radius 2 is 2.13 bits per heavy atom. The van der Waals surface area contributed by atoms with Gasteiger partial charge in [-0.1, -0.05) is 37.4 Å². The Hall–Kier alpha value is -0.400. The number of ether oxygens (including phenoxy) is 1. The molecule has 0 N–H and O–H groups in total. The molecular weight excluding hydrogens is 231 g/mol. The van der Waals surface area contributed by atoms with E-state index in [1.165, 1.54) is 0 Å². The van der Waals surface area contributed by atoms with Gasteiger partial charge in [0.1, 0.15) is 5.75 Å². The first kappa shape index (κ1) is 12.7. The first-order chi connectivity index (χ1) is 7.19. The Morgan fingerprint density at radius 3 is 2.67 bits per heavy atom. The van der Waals surface area contributed by atoms with E-state index in [1.54, 1.807) is 7.11 Å². The molecule has 1 atom stereocenters. The molecule has 0 amide bonds. The topological polar surface area (TPSA) is 9.23 Å². The fourth-order valence-electron chi connectivity index (χ4n) is 1.43. The summed E-state index contributed by atoms with van der Waals surface area (Å²) < 4.78 is 5.09. The van der Waals surface area contributed by atoms with Crippen LogP contribution >= 0.6 is 23.2 Å². The van der Waals surface area contributed by atoms with Crippen molar-refractivity contribution in [3.63, 3.8) is 0 Å². The molecule has 0 aliphatic heterocycles. The average Bonchev–Trinajstić information content (AvgIpc) is 2.25. The molecule has 0 aromatic heterocycles. The summed E-state index contributed by atoms with van der Waals surface area (Å²) in [6.07, 6.45) is 3.28. The second-order valence-corrected chi connectivity index (χ2v) is 4.44. The van der Waals surface area contributed by atoms with E-state index in [1.807, 2.05) is 18.2 Å². The third-order valence-electron chi connectivity index (χ3n) is 2.35. The molecule has 1 aromatic rings. The number of alkyl halides is 1. The Labute approximate surface area is 101 Å². The highest BCUT2D eigenvalue weighted by Gasteiger charge is 2.09. The smallest absolute Gasteiger partial charge is 0.137 e. The van der Waals surface area contributed by atoms with Crippen molar-refractivity contribution in [3.05, 3.63) is 28.8 Å². The van der Waals surface area contributed by atoms with Gasteiger partial charge in [-0.2, -0.15) is 0 Å². The summed E-state index contributed by atoms with van der Waals surface area (Å²) in [6.45, 7) is 2.16. The molecule has 1 rings (SSSR count). The lowest BCUT2D eigenvalue weighted by atomic mass is 10.1. The number of hydrogen-bond acceptors (Lipinski definition) is 1. The molecule has 0 bridgehead atoms. The molecule has 0 aliphatic carbocycles. The minimum atomic E-state index is 0.0494. The monoisotopic (exact) mass is 246 g/mol. The molecule has 84 valence electrons. The summed E-state index contributed by atoms with van der Waals surface area (Å²) in [7, 11) is 1.61. The summed E-state index contributed by atoms with van der Waals surface area (Å²) >= 11 is 12.3. The van der Waals surface area contributed by atoms with Gasteiger partial charge in [-0.25, -0.2) is 0 Å². The van der Waals surface area contributed by atoms with E-state index in [0.717, 1.165) is 24.8 Å². The molecule has 1 aromatic carbocycles. The van der Waals surface area contributed by atoms with Gasteiger partial charge in [0.05, 0.1) is 17.5 Å². The molecule has 1 unspecified atom stereocenters. The second kappa shape index (κ2) is 6.24. The van der Waals surface area contributed by atoms with E-state index in [2.05, 4.69) is 6.92 Å². The van der Waals surface area contributed by atoms with Crippen LogP contribution in [-0.4, -0.2) is 7.11 Å². The van der Waals surface area contributed by atoms with E-state index in [-0.39, 0.29) is 5.38 Å². The Kier molecular flexibility index (Phi) is 5.27. The van der Waals surface area contributed by atoms with Crippen molar-refractivity contribution in [1.29, 1.82) is 0 Å². The summed E-state index contributed by atoms with van der Waals surface area (Å²) in [5.41, 5.74) is 1.07. The predicted molar refractivity (Wildman–Crippen MR) is 66.1 cm³/mol. The first-order valence-corrected chi connectivity index (χ1v) is 5.98. The molecular formula is C12H16Cl2O. The van der Waals surface area contributed by atoms with Gasteiger partial charge >= 0.3 is 0 Å². The molecule has 0 heterocycles. The van der Waals surface area contributed by atoms with Crippen LogP contribution in [0.2, 0.25) is 5.02 Å². The minimum absolute atomic E-state index is 0.0494. The highest BCUT2D eigenvalue weighted by atomic mass is 35.5. The van der Waals surface area contributed by atoms with Crippen LogP contribution < -0.4 is 4.74 Å². The van der Waals surface area contributed by atoms with Gasteiger partial charge in [-0.3, -0.25) is 0 Å². The van der Waals surface area contributed by atoms with E-state index >= 15 is 0 Å².